The maximum atomic E-state index is 11.5. The monoisotopic (exact) mass is 268 g/mol. The lowest BCUT2D eigenvalue weighted by Crippen LogP contribution is -2.06. The zero-order valence-electron chi connectivity index (χ0n) is 10.8. The third kappa shape index (κ3) is 2.23. The van der Waals surface area contributed by atoms with Crippen LogP contribution >= 0.6 is 0 Å². The second-order valence-corrected chi connectivity index (χ2v) is 4.12. The summed E-state index contributed by atoms with van der Waals surface area (Å²) in [6.07, 6.45) is 0. The van der Waals surface area contributed by atoms with Crippen LogP contribution in [0.3, 0.4) is 0 Å². The van der Waals surface area contributed by atoms with E-state index >= 15 is 0 Å². The molecule has 2 aromatic heterocycles. The van der Waals surface area contributed by atoms with E-state index in [-0.39, 0.29) is 5.82 Å². The minimum Gasteiger partial charge on any atom is -0.460 e. The van der Waals surface area contributed by atoms with E-state index in [0.29, 0.717) is 18.1 Å². The van der Waals surface area contributed by atoms with Crippen molar-refractivity contribution in [1.82, 2.24) is 20.2 Å². The molecule has 0 bridgehead atoms. The highest BCUT2D eigenvalue weighted by Crippen LogP contribution is 2.17. The first-order valence-corrected chi connectivity index (χ1v) is 6.23. The Morgan fingerprint density at radius 1 is 1.20 bits per heavy atom. The number of hydrogen-bond donors (Lipinski definition) is 1. The van der Waals surface area contributed by atoms with Gasteiger partial charge in [0, 0.05) is 5.39 Å². The molecule has 1 aromatic carbocycles. The Labute approximate surface area is 114 Å². The van der Waals surface area contributed by atoms with Crippen molar-refractivity contribution < 1.29 is 9.53 Å². The fraction of sp³-hybridized carbons (Fsp3) is 0.143. The van der Waals surface area contributed by atoms with Crippen molar-refractivity contribution in [3.05, 3.63) is 42.2 Å². The van der Waals surface area contributed by atoms with Gasteiger partial charge >= 0.3 is 5.97 Å². The molecule has 0 fully saturated rings. The molecule has 0 amide bonds. The first-order chi connectivity index (χ1) is 9.78. The number of benzene rings is 1. The van der Waals surface area contributed by atoms with Crippen LogP contribution < -0.4 is 0 Å². The molecule has 0 unspecified atom stereocenters. The Balaban J connectivity index is 1.96. The fourth-order valence-corrected chi connectivity index (χ4v) is 1.86. The van der Waals surface area contributed by atoms with Gasteiger partial charge in [0.1, 0.15) is 5.69 Å². The SMILES string of the molecule is CCOC(=O)c1nc(-c2ccc3ccccc3n2)n[nH]1. The molecule has 0 aliphatic carbocycles. The zero-order valence-corrected chi connectivity index (χ0v) is 10.8. The Hall–Kier alpha value is -2.76. The quantitative estimate of drug-likeness (QED) is 0.736. The number of nitrogens with zero attached hydrogens (tertiary/aromatic N) is 3. The number of hydrogen-bond acceptors (Lipinski definition) is 5. The van der Waals surface area contributed by atoms with E-state index in [1.165, 1.54) is 0 Å². The fourth-order valence-electron chi connectivity index (χ4n) is 1.86. The number of aromatic amines is 1. The van der Waals surface area contributed by atoms with E-state index in [0.717, 1.165) is 10.9 Å². The van der Waals surface area contributed by atoms with Gasteiger partial charge in [-0.3, -0.25) is 5.10 Å². The second-order valence-electron chi connectivity index (χ2n) is 4.12. The van der Waals surface area contributed by atoms with E-state index in [2.05, 4.69) is 20.2 Å². The van der Waals surface area contributed by atoms with Gasteiger partial charge in [-0.2, -0.15) is 10.1 Å². The minimum absolute atomic E-state index is 0.0804. The molecule has 0 aliphatic rings. The van der Waals surface area contributed by atoms with Crippen LogP contribution in [0.5, 0.6) is 0 Å². The van der Waals surface area contributed by atoms with Crippen LogP contribution in [0.1, 0.15) is 17.5 Å². The highest BCUT2D eigenvalue weighted by molar-refractivity contribution is 5.86. The van der Waals surface area contributed by atoms with Crippen LogP contribution in [0.15, 0.2) is 36.4 Å². The molecule has 0 radical (unpaired) electrons. The molecule has 0 saturated heterocycles. The standard InChI is InChI=1S/C14H12N4O2/c1-2-20-14(19)13-16-12(17-18-13)11-8-7-9-5-3-4-6-10(9)15-11/h3-8H,2H2,1H3,(H,16,17,18). The number of nitrogens with one attached hydrogen (secondary N) is 1. The number of rotatable bonds is 3. The molecule has 0 aliphatic heterocycles. The molecule has 1 N–H and O–H groups in total. The molecule has 0 atom stereocenters. The van der Waals surface area contributed by atoms with Crippen LogP contribution in [0.4, 0.5) is 0 Å². The van der Waals surface area contributed by atoms with Crippen LogP contribution in [0, 0.1) is 0 Å². The average Bonchev–Trinajstić information content (AvgIpc) is 2.97. The molecule has 3 rings (SSSR count). The van der Waals surface area contributed by atoms with Crippen molar-refractivity contribution in [1.29, 1.82) is 0 Å². The predicted octanol–water partition coefficient (Wildman–Crippen LogP) is 2.20. The summed E-state index contributed by atoms with van der Waals surface area (Å²) >= 11 is 0. The number of esters is 1. The van der Waals surface area contributed by atoms with Gasteiger partial charge in [-0.1, -0.05) is 24.3 Å². The van der Waals surface area contributed by atoms with Gasteiger partial charge in [-0.15, -0.1) is 0 Å². The van der Waals surface area contributed by atoms with Crippen LogP contribution in [0.2, 0.25) is 0 Å². The Morgan fingerprint density at radius 2 is 2.05 bits per heavy atom. The van der Waals surface area contributed by atoms with Crippen molar-refractivity contribution in [2.45, 2.75) is 6.92 Å². The van der Waals surface area contributed by atoms with E-state index in [1.807, 2.05) is 36.4 Å². The van der Waals surface area contributed by atoms with Gasteiger partial charge in [0.25, 0.3) is 0 Å². The van der Waals surface area contributed by atoms with Crippen LogP contribution in [-0.4, -0.2) is 32.7 Å². The van der Waals surface area contributed by atoms with E-state index in [1.54, 1.807) is 6.92 Å². The molecule has 0 spiro atoms. The first kappa shape index (κ1) is 12.3. The van der Waals surface area contributed by atoms with E-state index in [9.17, 15) is 4.79 Å². The molecule has 6 nitrogen and oxygen atoms in total. The van der Waals surface area contributed by atoms with Crippen molar-refractivity contribution in [3.8, 4) is 11.5 Å². The summed E-state index contributed by atoms with van der Waals surface area (Å²) in [5, 5.41) is 7.60. The number of carbonyl (C=O) groups is 1. The third-order valence-corrected chi connectivity index (χ3v) is 2.78. The van der Waals surface area contributed by atoms with Gasteiger partial charge in [0.15, 0.2) is 5.82 Å². The maximum absolute atomic E-state index is 11.5. The summed E-state index contributed by atoms with van der Waals surface area (Å²) in [5.41, 5.74) is 1.46. The molecule has 6 heteroatoms. The largest absolute Gasteiger partial charge is 0.460 e. The summed E-state index contributed by atoms with van der Waals surface area (Å²) in [6.45, 7) is 2.03. The molecule has 20 heavy (non-hydrogen) atoms. The number of pyridine rings is 1. The summed E-state index contributed by atoms with van der Waals surface area (Å²) in [5.74, 6) is -0.0670. The van der Waals surface area contributed by atoms with E-state index in [4.69, 9.17) is 4.74 Å². The number of H-pyrrole nitrogens is 1. The normalized spacial score (nSPS) is 10.7. The van der Waals surface area contributed by atoms with E-state index < -0.39 is 5.97 Å². The Morgan fingerprint density at radius 3 is 2.90 bits per heavy atom. The molecule has 100 valence electrons. The number of para-hydroxylation sites is 1. The summed E-state index contributed by atoms with van der Waals surface area (Å²) in [6, 6.07) is 11.5. The lowest BCUT2D eigenvalue weighted by molar-refractivity contribution is 0.0512. The van der Waals surface area contributed by atoms with Crippen molar-refractivity contribution in [3.63, 3.8) is 0 Å². The van der Waals surface area contributed by atoms with Gasteiger partial charge < -0.3 is 4.74 Å². The lowest BCUT2D eigenvalue weighted by Gasteiger charge is -1.98. The number of ether oxygens (including phenoxy) is 1. The molecule has 0 saturated carbocycles. The highest BCUT2D eigenvalue weighted by atomic mass is 16.5. The molecular weight excluding hydrogens is 256 g/mol. The van der Waals surface area contributed by atoms with Gasteiger partial charge in [0.2, 0.25) is 5.82 Å². The number of aromatic nitrogens is 4. The number of carbonyl (C=O) groups excluding carboxylic acids is 1. The van der Waals surface area contributed by atoms with Crippen molar-refractivity contribution in [2.24, 2.45) is 0 Å². The van der Waals surface area contributed by atoms with Crippen molar-refractivity contribution in [2.75, 3.05) is 6.61 Å². The minimum atomic E-state index is -0.521. The Bertz CT molecular complexity index is 766. The highest BCUT2D eigenvalue weighted by Gasteiger charge is 2.14. The third-order valence-electron chi connectivity index (χ3n) is 2.78. The maximum Gasteiger partial charge on any atom is 0.375 e. The topological polar surface area (TPSA) is 80.8 Å². The molecular formula is C14H12N4O2. The zero-order chi connectivity index (χ0) is 13.9. The van der Waals surface area contributed by atoms with Crippen molar-refractivity contribution >= 4 is 16.9 Å². The Kier molecular flexibility index (Phi) is 3.12. The van der Waals surface area contributed by atoms with Crippen LogP contribution in [0.25, 0.3) is 22.4 Å². The molecule has 2 heterocycles. The lowest BCUT2D eigenvalue weighted by atomic mass is 10.2. The van der Waals surface area contributed by atoms with Crippen LogP contribution in [-0.2, 0) is 4.74 Å². The smallest absolute Gasteiger partial charge is 0.375 e. The summed E-state index contributed by atoms with van der Waals surface area (Å²) in [4.78, 5) is 20.1. The van der Waals surface area contributed by atoms with Gasteiger partial charge in [-0.25, -0.2) is 9.78 Å². The van der Waals surface area contributed by atoms with Gasteiger partial charge in [0.05, 0.1) is 12.1 Å². The number of fused-ring (bicyclic) bond motifs is 1. The second kappa shape index (κ2) is 5.08. The van der Waals surface area contributed by atoms with Gasteiger partial charge in [-0.05, 0) is 19.1 Å². The summed E-state index contributed by atoms with van der Waals surface area (Å²) < 4.78 is 4.85. The predicted molar refractivity (Wildman–Crippen MR) is 73.1 cm³/mol. The summed E-state index contributed by atoms with van der Waals surface area (Å²) in [7, 11) is 0. The average molecular weight is 268 g/mol. The first-order valence-electron chi connectivity index (χ1n) is 6.23. The molecule has 3 aromatic rings.